The number of carbonyl (C=O) groups is 1. The molecule has 2 aromatic rings. The molecule has 0 spiro atoms. The number of anilines is 2. The third-order valence-electron chi connectivity index (χ3n) is 5.33. The first-order valence-electron chi connectivity index (χ1n) is 10.1. The molecule has 1 heterocycles. The Balaban J connectivity index is 1.79. The largest absolute Gasteiger partial charge is 0.497 e. The second-order valence-electron chi connectivity index (χ2n) is 7.33. The van der Waals surface area contributed by atoms with Gasteiger partial charge in [0.05, 0.1) is 19.1 Å². The quantitative estimate of drug-likeness (QED) is 0.674. The highest BCUT2D eigenvalue weighted by atomic mass is 32.2. The van der Waals surface area contributed by atoms with Crippen LogP contribution < -0.4 is 13.9 Å². The summed E-state index contributed by atoms with van der Waals surface area (Å²) in [6, 6.07) is 16.1. The summed E-state index contributed by atoms with van der Waals surface area (Å²) in [4.78, 5) is 17.4. The Bertz CT molecular complexity index is 957. The Kier molecular flexibility index (Phi) is 6.87. The van der Waals surface area contributed by atoms with Crippen molar-refractivity contribution in [2.75, 3.05) is 48.7 Å². The second-order valence-corrected chi connectivity index (χ2v) is 9.19. The fourth-order valence-electron chi connectivity index (χ4n) is 3.83. The minimum Gasteiger partial charge on any atom is -0.497 e. The van der Waals surface area contributed by atoms with E-state index in [1.54, 1.807) is 29.2 Å². The molecule has 0 N–H and O–H groups in total. The molecule has 0 saturated carbocycles. The van der Waals surface area contributed by atoms with Crippen molar-refractivity contribution in [1.29, 1.82) is 0 Å². The maximum Gasteiger partial charge on any atom is 0.246 e. The lowest BCUT2D eigenvalue weighted by Crippen LogP contribution is -2.56. The average Bonchev–Trinajstić information content (AvgIpc) is 2.76. The summed E-state index contributed by atoms with van der Waals surface area (Å²) in [5, 5.41) is 0. The van der Waals surface area contributed by atoms with E-state index in [-0.39, 0.29) is 5.91 Å². The third-order valence-corrected chi connectivity index (χ3v) is 6.51. The predicted octanol–water partition coefficient (Wildman–Crippen LogP) is 2.59. The highest BCUT2D eigenvalue weighted by Gasteiger charge is 2.35. The lowest BCUT2D eigenvalue weighted by Gasteiger charge is -2.39. The normalized spacial score (nSPS) is 15.6. The van der Waals surface area contributed by atoms with Gasteiger partial charge in [-0.05, 0) is 30.7 Å². The third kappa shape index (κ3) is 4.87. The molecule has 8 heteroatoms. The monoisotopic (exact) mass is 431 g/mol. The Hall–Kier alpha value is -2.74. The Morgan fingerprint density at radius 3 is 2.30 bits per heavy atom. The van der Waals surface area contributed by atoms with E-state index in [1.807, 2.05) is 25.1 Å². The molecule has 0 radical (unpaired) electrons. The molecule has 1 saturated heterocycles. The lowest BCUT2D eigenvalue weighted by molar-refractivity contribution is -0.132. The van der Waals surface area contributed by atoms with E-state index in [9.17, 15) is 13.2 Å². The molecular weight excluding hydrogens is 402 g/mol. The molecule has 1 atom stereocenters. The van der Waals surface area contributed by atoms with Gasteiger partial charge in [0.2, 0.25) is 15.9 Å². The molecule has 7 nitrogen and oxygen atoms in total. The SMILES string of the molecule is CC[C@@H](C(=O)N1CCN(c2ccccc2)CC1)N(c1cccc(OC)c1)S(C)(=O)=O. The van der Waals surface area contributed by atoms with Crippen LogP contribution >= 0.6 is 0 Å². The second kappa shape index (κ2) is 9.38. The first-order valence-corrected chi connectivity index (χ1v) is 11.9. The number of para-hydroxylation sites is 1. The van der Waals surface area contributed by atoms with Gasteiger partial charge in [-0.3, -0.25) is 9.10 Å². The van der Waals surface area contributed by atoms with Crippen molar-refractivity contribution in [1.82, 2.24) is 4.90 Å². The van der Waals surface area contributed by atoms with Gasteiger partial charge < -0.3 is 14.5 Å². The first kappa shape index (κ1) is 22.0. The number of methoxy groups -OCH3 is 1. The first-order chi connectivity index (χ1) is 14.3. The molecule has 2 aromatic carbocycles. The van der Waals surface area contributed by atoms with E-state index in [1.165, 1.54) is 11.4 Å². The van der Waals surface area contributed by atoms with E-state index < -0.39 is 16.1 Å². The van der Waals surface area contributed by atoms with Crippen LogP contribution in [0.15, 0.2) is 54.6 Å². The fourth-order valence-corrected chi connectivity index (χ4v) is 5.02. The molecule has 162 valence electrons. The van der Waals surface area contributed by atoms with Gasteiger partial charge in [0.15, 0.2) is 0 Å². The van der Waals surface area contributed by atoms with Crippen LogP contribution in [-0.4, -0.2) is 64.8 Å². The van der Waals surface area contributed by atoms with E-state index in [0.29, 0.717) is 44.0 Å². The number of ether oxygens (including phenoxy) is 1. The van der Waals surface area contributed by atoms with Crippen LogP contribution in [0.1, 0.15) is 13.3 Å². The number of rotatable bonds is 7. The highest BCUT2D eigenvalue weighted by Crippen LogP contribution is 2.27. The molecule has 1 amide bonds. The summed E-state index contributed by atoms with van der Waals surface area (Å²) in [7, 11) is -2.15. The summed E-state index contributed by atoms with van der Waals surface area (Å²) in [5.41, 5.74) is 1.56. The maximum absolute atomic E-state index is 13.4. The van der Waals surface area contributed by atoms with Gasteiger partial charge in [-0.1, -0.05) is 31.2 Å². The van der Waals surface area contributed by atoms with Crippen molar-refractivity contribution in [3.05, 3.63) is 54.6 Å². The molecule has 1 aliphatic rings. The number of amides is 1. The molecule has 1 fully saturated rings. The smallest absolute Gasteiger partial charge is 0.246 e. The van der Waals surface area contributed by atoms with Crippen molar-refractivity contribution in [2.45, 2.75) is 19.4 Å². The molecule has 0 unspecified atom stereocenters. The molecule has 0 aliphatic carbocycles. The van der Waals surface area contributed by atoms with Crippen molar-refractivity contribution < 1.29 is 17.9 Å². The summed E-state index contributed by atoms with van der Waals surface area (Å²) < 4.78 is 31.8. The number of benzene rings is 2. The van der Waals surface area contributed by atoms with E-state index in [0.717, 1.165) is 11.9 Å². The number of piperazine rings is 1. The number of hydrogen-bond acceptors (Lipinski definition) is 5. The highest BCUT2D eigenvalue weighted by molar-refractivity contribution is 7.92. The number of hydrogen-bond donors (Lipinski definition) is 0. The Labute approximate surface area is 178 Å². The Morgan fingerprint density at radius 1 is 1.07 bits per heavy atom. The topological polar surface area (TPSA) is 70.2 Å². The van der Waals surface area contributed by atoms with E-state index in [2.05, 4.69) is 17.0 Å². The molecule has 30 heavy (non-hydrogen) atoms. The van der Waals surface area contributed by atoms with Gasteiger partial charge in [-0.15, -0.1) is 0 Å². The number of nitrogens with zero attached hydrogens (tertiary/aromatic N) is 3. The van der Waals surface area contributed by atoms with Crippen molar-refractivity contribution in [3.63, 3.8) is 0 Å². The number of carbonyl (C=O) groups excluding carboxylic acids is 1. The van der Waals surface area contributed by atoms with Crippen LogP contribution in [0.3, 0.4) is 0 Å². The molecule has 0 aromatic heterocycles. The molecular formula is C22H29N3O4S. The lowest BCUT2D eigenvalue weighted by atomic mass is 10.1. The summed E-state index contributed by atoms with van der Waals surface area (Å²) >= 11 is 0. The van der Waals surface area contributed by atoms with Crippen LogP contribution in [0.2, 0.25) is 0 Å². The Morgan fingerprint density at radius 2 is 1.73 bits per heavy atom. The number of sulfonamides is 1. The molecule has 0 bridgehead atoms. The minimum absolute atomic E-state index is 0.168. The van der Waals surface area contributed by atoms with Gasteiger partial charge in [0.25, 0.3) is 0 Å². The minimum atomic E-state index is -3.67. The van der Waals surface area contributed by atoms with Crippen LogP contribution in [0, 0.1) is 0 Å². The molecule has 1 aliphatic heterocycles. The summed E-state index contributed by atoms with van der Waals surface area (Å²) in [5.74, 6) is 0.374. The summed E-state index contributed by atoms with van der Waals surface area (Å²) in [6.45, 7) is 4.37. The van der Waals surface area contributed by atoms with Crippen molar-refractivity contribution >= 4 is 27.3 Å². The standard InChI is InChI=1S/C22H29N3O4S/c1-4-21(25(30(3,27)28)19-11-8-12-20(17-19)29-2)22(26)24-15-13-23(14-16-24)18-9-6-5-7-10-18/h5-12,17,21H,4,13-16H2,1-3H3/t21-/m0/s1. The van der Waals surface area contributed by atoms with Gasteiger partial charge in [-0.25, -0.2) is 8.42 Å². The van der Waals surface area contributed by atoms with Crippen LogP contribution in [0.4, 0.5) is 11.4 Å². The van der Waals surface area contributed by atoms with Gasteiger partial charge in [0.1, 0.15) is 11.8 Å². The van der Waals surface area contributed by atoms with Crippen LogP contribution in [0.25, 0.3) is 0 Å². The fraction of sp³-hybridized carbons (Fsp3) is 0.409. The zero-order chi connectivity index (χ0) is 21.7. The van der Waals surface area contributed by atoms with E-state index in [4.69, 9.17) is 4.74 Å². The van der Waals surface area contributed by atoms with Gasteiger partial charge in [0, 0.05) is 37.9 Å². The predicted molar refractivity (Wildman–Crippen MR) is 120 cm³/mol. The average molecular weight is 432 g/mol. The zero-order valence-electron chi connectivity index (χ0n) is 17.7. The van der Waals surface area contributed by atoms with E-state index >= 15 is 0 Å². The van der Waals surface area contributed by atoms with Crippen LogP contribution in [0.5, 0.6) is 5.75 Å². The van der Waals surface area contributed by atoms with Gasteiger partial charge >= 0.3 is 0 Å². The molecule has 3 rings (SSSR count). The van der Waals surface area contributed by atoms with Crippen LogP contribution in [-0.2, 0) is 14.8 Å². The zero-order valence-corrected chi connectivity index (χ0v) is 18.5. The van der Waals surface area contributed by atoms with Gasteiger partial charge in [-0.2, -0.15) is 0 Å². The maximum atomic E-state index is 13.4. The summed E-state index contributed by atoms with van der Waals surface area (Å²) in [6.07, 6.45) is 1.51. The van der Waals surface area contributed by atoms with Crippen molar-refractivity contribution in [3.8, 4) is 5.75 Å². The van der Waals surface area contributed by atoms with Crippen molar-refractivity contribution in [2.24, 2.45) is 0 Å².